The maximum atomic E-state index is 14.0. The van der Waals surface area contributed by atoms with Gasteiger partial charge in [0.05, 0.1) is 10.6 Å². The van der Waals surface area contributed by atoms with E-state index in [1.807, 2.05) is 50.2 Å². The average Bonchev–Trinajstić information content (AvgIpc) is 3.45. The molecular weight excluding hydrogens is 546 g/mol. The van der Waals surface area contributed by atoms with E-state index in [4.69, 9.17) is 11.6 Å². The smallest absolute Gasteiger partial charge is 0.264 e. The standard InChI is InChI=1S/C31H36ClN3O4S/c1-22-13-16-28(19-23(22)2)35(40(38,39)29-17-14-26(32)15-18-29)21-30(36)34(20-25-9-5-4-6-10-25)24(3)31(37)33-27-11-7-8-12-27/h4-6,9-10,13-19,24,27H,7-8,11-12,20-21H2,1-3H3,(H,33,37). The molecule has 7 nitrogen and oxygen atoms in total. The minimum Gasteiger partial charge on any atom is -0.352 e. The average molecular weight is 582 g/mol. The van der Waals surface area contributed by atoms with Crippen LogP contribution in [-0.2, 0) is 26.2 Å². The second-order valence-corrected chi connectivity index (χ2v) is 12.7. The van der Waals surface area contributed by atoms with Crippen LogP contribution in [-0.4, -0.2) is 43.8 Å². The molecule has 0 radical (unpaired) electrons. The normalized spacial score (nSPS) is 14.5. The highest BCUT2D eigenvalue weighted by molar-refractivity contribution is 7.92. The van der Waals surface area contributed by atoms with Crippen molar-refractivity contribution >= 4 is 39.1 Å². The summed E-state index contributed by atoms with van der Waals surface area (Å²) in [5, 5.41) is 3.49. The van der Waals surface area contributed by atoms with Crippen molar-refractivity contribution in [3.8, 4) is 0 Å². The van der Waals surface area contributed by atoms with Crippen LogP contribution >= 0.6 is 11.6 Å². The van der Waals surface area contributed by atoms with Gasteiger partial charge in [0.25, 0.3) is 10.0 Å². The van der Waals surface area contributed by atoms with E-state index in [2.05, 4.69) is 5.32 Å². The van der Waals surface area contributed by atoms with Crippen molar-refractivity contribution in [1.82, 2.24) is 10.2 Å². The molecule has 0 aromatic heterocycles. The number of hydrogen-bond acceptors (Lipinski definition) is 4. The second-order valence-electron chi connectivity index (χ2n) is 10.4. The van der Waals surface area contributed by atoms with Crippen LogP contribution in [0.25, 0.3) is 0 Å². The van der Waals surface area contributed by atoms with Gasteiger partial charge in [-0.3, -0.25) is 13.9 Å². The van der Waals surface area contributed by atoms with Crippen LogP contribution < -0.4 is 9.62 Å². The number of nitrogens with one attached hydrogen (secondary N) is 1. The Hall–Kier alpha value is -3.36. The topological polar surface area (TPSA) is 86.8 Å². The minimum absolute atomic E-state index is 0.0181. The van der Waals surface area contributed by atoms with Crippen molar-refractivity contribution in [1.29, 1.82) is 0 Å². The number of nitrogens with zero attached hydrogens (tertiary/aromatic N) is 2. The summed E-state index contributed by atoms with van der Waals surface area (Å²) in [4.78, 5) is 28.8. The fourth-order valence-electron chi connectivity index (χ4n) is 4.90. The molecule has 0 aliphatic heterocycles. The summed E-state index contributed by atoms with van der Waals surface area (Å²) in [5.74, 6) is -0.719. The van der Waals surface area contributed by atoms with Gasteiger partial charge in [0.2, 0.25) is 11.8 Å². The number of amides is 2. The number of sulfonamides is 1. The van der Waals surface area contributed by atoms with Gasteiger partial charge in [0, 0.05) is 17.6 Å². The Bertz CT molecular complexity index is 1440. The highest BCUT2D eigenvalue weighted by Gasteiger charge is 2.33. The van der Waals surface area contributed by atoms with E-state index in [0.717, 1.165) is 46.7 Å². The third kappa shape index (κ3) is 7.04. The summed E-state index contributed by atoms with van der Waals surface area (Å²) in [6.07, 6.45) is 3.98. The summed E-state index contributed by atoms with van der Waals surface area (Å²) in [7, 11) is -4.14. The molecule has 1 fully saturated rings. The van der Waals surface area contributed by atoms with Crippen LogP contribution in [0.2, 0.25) is 5.02 Å². The molecule has 0 bridgehead atoms. The summed E-state index contributed by atoms with van der Waals surface area (Å²) < 4.78 is 29.0. The number of benzene rings is 3. The zero-order chi connectivity index (χ0) is 28.9. The predicted octanol–water partition coefficient (Wildman–Crippen LogP) is 5.63. The Morgan fingerprint density at radius 3 is 2.23 bits per heavy atom. The molecule has 2 amide bonds. The highest BCUT2D eigenvalue weighted by atomic mass is 35.5. The lowest BCUT2D eigenvalue weighted by molar-refractivity contribution is -0.139. The number of anilines is 1. The summed E-state index contributed by atoms with van der Waals surface area (Å²) in [6, 6.07) is 19.8. The molecular formula is C31H36ClN3O4S. The first kappa shape index (κ1) is 29.6. The SMILES string of the molecule is Cc1ccc(N(CC(=O)N(Cc2ccccc2)C(C)C(=O)NC2CCCC2)S(=O)(=O)c2ccc(Cl)cc2)cc1C. The van der Waals surface area contributed by atoms with Gasteiger partial charge in [-0.05, 0) is 86.7 Å². The molecule has 1 saturated carbocycles. The summed E-state index contributed by atoms with van der Waals surface area (Å²) in [5.41, 5.74) is 3.11. The van der Waals surface area contributed by atoms with Gasteiger partial charge in [0.15, 0.2) is 0 Å². The molecule has 0 spiro atoms. The minimum atomic E-state index is -4.14. The van der Waals surface area contributed by atoms with Crippen LogP contribution in [0.15, 0.2) is 77.7 Å². The first-order valence-corrected chi connectivity index (χ1v) is 15.4. The van der Waals surface area contributed by atoms with Crippen molar-refractivity contribution in [3.63, 3.8) is 0 Å². The summed E-state index contributed by atoms with van der Waals surface area (Å²) in [6.45, 7) is 5.22. The number of halogens is 1. The Kier molecular flexibility index (Phi) is 9.53. The molecule has 1 N–H and O–H groups in total. The van der Waals surface area contributed by atoms with E-state index in [1.54, 1.807) is 19.1 Å². The fraction of sp³-hybridized carbons (Fsp3) is 0.355. The number of carbonyl (C=O) groups excluding carboxylic acids is 2. The van der Waals surface area contributed by atoms with Gasteiger partial charge < -0.3 is 10.2 Å². The van der Waals surface area contributed by atoms with Gasteiger partial charge in [0.1, 0.15) is 12.6 Å². The first-order chi connectivity index (χ1) is 19.1. The highest BCUT2D eigenvalue weighted by Crippen LogP contribution is 2.27. The molecule has 3 aromatic rings. The third-order valence-corrected chi connectivity index (χ3v) is 9.56. The summed E-state index contributed by atoms with van der Waals surface area (Å²) >= 11 is 6.02. The lowest BCUT2D eigenvalue weighted by atomic mass is 10.1. The molecule has 0 heterocycles. The van der Waals surface area contributed by atoms with E-state index in [1.165, 1.54) is 29.2 Å². The molecule has 9 heteroatoms. The Morgan fingerprint density at radius 1 is 0.950 bits per heavy atom. The van der Waals surface area contributed by atoms with Gasteiger partial charge in [-0.15, -0.1) is 0 Å². The van der Waals surface area contributed by atoms with Crippen molar-refractivity contribution in [2.24, 2.45) is 0 Å². The maximum absolute atomic E-state index is 14.0. The lowest BCUT2D eigenvalue weighted by Crippen LogP contribution is -2.52. The number of hydrogen-bond donors (Lipinski definition) is 1. The third-order valence-electron chi connectivity index (χ3n) is 7.52. The van der Waals surface area contributed by atoms with Crippen molar-refractivity contribution in [2.45, 2.75) is 70.0 Å². The molecule has 1 aliphatic rings. The van der Waals surface area contributed by atoms with Crippen molar-refractivity contribution < 1.29 is 18.0 Å². The fourth-order valence-corrected chi connectivity index (χ4v) is 6.43. The van der Waals surface area contributed by atoms with E-state index >= 15 is 0 Å². The van der Waals surface area contributed by atoms with Crippen LogP contribution in [0.3, 0.4) is 0 Å². The molecule has 1 aliphatic carbocycles. The van der Waals surface area contributed by atoms with Crippen LogP contribution in [0.1, 0.15) is 49.3 Å². The van der Waals surface area contributed by atoms with E-state index in [0.29, 0.717) is 10.7 Å². The quantitative estimate of drug-likeness (QED) is 0.336. The van der Waals surface area contributed by atoms with Gasteiger partial charge in [-0.25, -0.2) is 8.42 Å². The molecule has 1 atom stereocenters. The van der Waals surface area contributed by atoms with Gasteiger partial charge in [-0.1, -0.05) is 60.8 Å². The van der Waals surface area contributed by atoms with Crippen LogP contribution in [0.4, 0.5) is 5.69 Å². The number of rotatable bonds is 10. The van der Waals surface area contributed by atoms with E-state index in [9.17, 15) is 18.0 Å². The van der Waals surface area contributed by atoms with E-state index in [-0.39, 0.29) is 23.4 Å². The predicted molar refractivity (Wildman–Crippen MR) is 159 cm³/mol. The van der Waals surface area contributed by atoms with Crippen molar-refractivity contribution in [3.05, 3.63) is 94.5 Å². The van der Waals surface area contributed by atoms with Crippen LogP contribution in [0.5, 0.6) is 0 Å². The molecule has 212 valence electrons. The Morgan fingerprint density at radius 2 is 1.60 bits per heavy atom. The van der Waals surface area contributed by atoms with Crippen LogP contribution in [0, 0.1) is 13.8 Å². The molecule has 3 aromatic carbocycles. The largest absolute Gasteiger partial charge is 0.352 e. The maximum Gasteiger partial charge on any atom is 0.264 e. The monoisotopic (exact) mass is 581 g/mol. The number of aryl methyl sites for hydroxylation is 2. The second kappa shape index (κ2) is 12.9. The first-order valence-electron chi connectivity index (χ1n) is 13.6. The van der Waals surface area contributed by atoms with Gasteiger partial charge in [-0.2, -0.15) is 0 Å². The van der Waals surface area contributed by atoms with Gasteiger partial charge >= 0.3 is 0 Å². The molecule has 4 rings (SSSR count). The number of carbonyl (C=O) groups is 2. The van der Waals surface area contributed by atoms with Crippen molar-refractivity contribution in [2.75, 3.05) is 10.8 Å². The lowest BCUT2D eigenvalue weighted by Gasteiger charge is -2.32. The molecule has 0 saturated heterocycles. The molecule has 1 unspecified atom stereocenters. The Labute approximate surface area is 242 Å². The molecule has 40 heavy (non-hydrogen) atoms. The Balaban J connectivity index is 1.69. The zero-order valence-electron chi connectivity index (χ0n) is 23.1. The zero-order valence-corrected chi connectivity index (χ0v) is 24.7. The van der Waals surface area contributed by atoms with E-state index < -0.39 is 28.5 Å².